The molecule has 2 aromatic carbocycles. The molecule has 0 N–H and O–H groups in total. The van der Waals surface area contributed by atoms with Crippen LogP contribution in [0.2, 0.25) is 0 Å². The van der Waals surface area contributed by atoms with Crippen molar-refractivity contribution >= 4 is 23.2 Å². The van der Waals surface area contributed by atoms with Crippen LogP contribution in [0.4, 0.5) is 0 Å². The molecule has 1 atom stereocenters. The summed E-state index contributed by atoms with van der Waals surface area (Å²) in [6.07, 6.45) is 13.9. The Bertz CT molecular complexity index is 857. The maximum atomic E-state index is 7.33. The average molecular weight is 501 g/mol. The molecule has 0 radical (unpaired) electrons. The van der Waals surface area contributed by atoms with E-state index in [1.807, 2.05) is 0 Å². The van der Waals surface area contributed by atoms with E-state index in [4.69, 9.17) is 23.2 Å². The maximum Gasteiger partial charge on any atom is 0.0697 e. The van der Waals surface area contributed by atoms with Crippen LogP contribution >= 0.6 is 23.2 Å². The summed E-state index contributed by atoms with van der Waals surface area (Å²) in [5, 5.41) is 0. The standard InChI is InChI=1S/C31H43Cl2N/c1-3-26(34(4-2)24-19-25-13-6-5-7-14-25)17-18-27-28(30(32)20-8-9-21-30)15-12-16-29(27)31(33)22-10-11-23-31/h5-7,12-16,26H,3-4,8-11,17-24H2,1-2H3. The first-order valence-corrected chi connectivity index (χ1v) is 14.5. The molecule has 2 fully saturated rings. The molecule has 0 heterocycles. The molecule has 0 aliphatic heterocycles. The summed E-state index contributed by atoms with van der Waals surface area (Å²) < 4.78 is 0. The van der Waals surface area contributed by atoms with Gasteiger partial charge in [0.1, 0.15) is 0 Å². The quantitative estimate of drug-likeness (QED) is 0.278. The minimum atomic E-state index is -0.198. The van der Waals surface area contributed by atoms with E-state index in [9.17, 15) is 0 Å². The van der Waals surface area contributed by atoms with Gasteiger partial charge >= 0.3 is 0 Å². The van der Waals surface area contributed by atoms with Crippen LogP contribution in [0.15, 0.2) is 48.5 Å². The first kappa shape index (κ1) is 26.1. The summed E-state index contributed by atoms with van der Waals surface area (Å²) in [5.74, 6) is 0. The van der Waals surface area contributed by atoms with E-state index >= 15 is 0 Å². The Morgan fingerprint density at radius 2 is 1.32 bits per heavy atom. The number of benzene rings is 2. The third-order valence-corrected chi connectivity index (χ3v) is 9.75. The van der Waals surface area contributed by atoms with E-state index in [0.29, 0.717) is 6.04 Å². The second-order valence-corrected chi connectivity index (χ2v) is 12.1. The lowest BCUT2D eigenvalue weighted by molar-refractivity contribution is 0.192. The minimum absolute atomic E-state index is 0.198. The van der Waals surface area contributed by atoms with Crippen molar-refractivity contribution in [2.75, 3.05) is 13.1 Å². The van der Waals surface area contributed by atoms with Crippen LogP contribution in [0.25, 0.3) is 0 Å². The van der Waals surface area contributed by atoms with Gasteiger partial charge in [-0.3, -0.25) is 0 Å². The smallest absolute Gasteiger partial charge is 0.0697 e. The van der Waals surface area contributed by atoms with Crippen molar-refractivity contribution in [3.05, 3.63) is 70.8 Å². The largest absolute Gasteiger partial charge is 0.300 e. The predicted molar refractivity (Wildman–Crippen MR) is 148 cm³/mol. The highest BCUT2D eigenvalue weighted by Crippen LogP contribution is 2.51. The van der Waals surface area contributed by atoms with Gasteiger partial charge in [-0.25, -0.2) is 0 Å². The van der Waals surface area contributed by atoms with Crippen LogP contribution in [0, 0.1) is 0 Å². The van der Waals surface area contributed by atoms with E-state index < -0.39 is 0 Å². The highest BCUT2D eigenvalue weighted by Gasteiger charge is 2.40. The third-order valence-electron chi connectivity index (χ3n) is 8.59. The van der Waals surface area contributed by atoms with Gasteiger partial charge in [-0.15, -0.1) is 23.2 Å². The molecular weight excluding hydrogens is 457 g/mol. The van der Waals surface area contributed by atoms with Gasteiger partial charge in [0.15, 0.2) is 0 Å². The molecule has 0 spiro atoms. The van der Waals surface area contributed by atoms with Crippen molar-refractivity contribution in [3.8, 4) is 0 Å². The highest BCUT2D eigenvalue weighted by molar-refractivity contribution is 6.25. The Hall–Kier alpha value is -1.02. The predicted octanol–water partition coefficient (Wildman–Crippen LogP) is 8.98. The van der Waals surface area contributed by atoms with Gasteiger partial charge in [-0.1, -0.05) is 88.1 Å². The van der Waals surface area contributed by atoms with Crippen molar-refractivity contribution < 1.29 is 0 Å². The van der Waals surface area contributed by atoms with Crippen LogP contribution in [-0.4, -0.2) is 24.0 Å². The van der Waals surface area contributed by atoms with Crippen LogP contribution in [0.1, 0.15) is 100 Å². The second-order valence-electron chi connectivity index (χ2n) is 10.6. The molecule has 0 aromatic heterocycles. The van der Waals surface area contributed by atoms with Gasteiger partial charge in [0.05, 0.1) is 9.75 Å². The zero-order valence-corrected chi connectivity index (χ0v) is 22.8. The third kappa shape index (κ3) is 5.85. The molecule has 34 heavy (non-hydrogen) atoms. The number of alkyl halides is 2. The Kier molecular flexibility index (Phi) is 9.05. The summed E-state index contributed by atoms with van der Waals surface area (Å²) in [6.45, 7) is 6.87. The van der Waals surface area contributed by atoms with Crippen LogP contribution in [0.5, 0.6) is 0 Å². The Morgan fingerprint density at radius 3 is 1.82 bits per heavy atom. The topological polar surface area (TPSA) is 3.24 Å². The van der Waals surface area contributed by atoms with Crippen LogP contribution in [-0.2, 0) is 22.6 Å². The molecule has 0 bridgehead atoms. The van der Waals surface area contributed by atoms with E-state index in [1.54, 1.807) is 0 Å². The molecule has 4 rings (SSSR count). The lowest BCUT2D eigenvalue weighted by Crippen LogP contribution is -2.37. The van der Waals surface area contributed by atoms with Crippen molar-refractivity contribution in [2.24, 2.45) is 0 Å². The van der Waals surface area contributed by atoms with Gasteiger partial charge < -0.3 is 4.90 Å². The number of nitrogens with zero attached hydrogens (tertiary/aromatic N) is 1. The number of rotatable bonds is 11. The first-order valence-electron chi connectivity index (χ1n) is 13.8. The molecule has 186 valence electrons. The molecular formula is C31H43Cl2N. The number of hydrogen-bond acceptors (Lipinski definition) is 1. The lowest BCUT2D eigenvalue weighted by Gasteiger charge is -2.34. The molecule has 1 unspecified atom stereocenters. The highest BCUT2D eigenvalue weighted by atomic mass is 35.5. The fourth-order valence-corrected chi connectivity index (χ4v) is 7.47. The van der Waals surface area contributed by atoms with Crippen molar-refractivity contribution in [1.82, 2.24) is 4.90 Å². The molecule has 2 saturated carbocycles. The SMILES string of the molecule is CCC(CCc1c(C2(Cl)CCCC2)cccc1C1(Cl)CCCC1)N(CC)CCc1ccccc1. The van der Waals surface area contributed by atoms with Crippen LogP contribution in [0.3, 0.4) is 0 Å². The Labute approximate surface area is 218 Å². The van der Waals surface area contributed by atoms with E-state index in [1.165, 1.54) is 60.8 Å². The fraction of sp³-hybridized carbons (Fsp3) is 0.613. The first-order chi connectivity index (χ1) is 16.5. The number of hydrogen-bond donors (Lipinski definition) is 0. The van der Waals surface area contributed by atoms with Gasteiger partial charge in [-0.05, 0) is 80.2 Å². The number of likely N-dealkylation sites (N-methyl/N-ethyl adjacent to an activating group) is 1. The van der Waals surface area contributed by atoms with E-state index in [-0.39, 0.29) is 9.75 Å². The zero-order valence-electron chi connectivity index (χ0n) is 21.3. The van der Waals surface area contributed by atoms with Gasteiger partial charge in [0, 0.05) is 12.6 Å². The van der Waals surface area contributed by atoms with Gasteiger partial charge in [0.25, 0.3) is 0 Å². The van der Waals surface area contributed by atoms with Crippen molar-refractivity contribution in [1.29, 1.82) is 0 Å². The zero-order chi connectivity index (χ0) is 24.0. The molecule has 3 heteroatoms. The van der Waals surface area contributed by atoms with Crippen LogP contribution < -0.4 is 0 Å². The number of halogens is 2. The molecule has 2 aliphatic rings. The Balaban J connectivity index is 1.56. The molecule has 0 saturated heterocycles. The van der Waals surface area contributed by atoms with E-state index in [0.717, 1.165) is 51.6 Å². The summed E-state index contributed by atoms with van der Waals surface area (Å²) in [6, 6.07) is 18.4. The average Bonchev–Trinajstić information content (AvgIpc) is 3.51. The van der Waals surface area contributed by atoms with E-state index in [2.05, 4.69) is 67.3 Å². The van der Waals surface area contributed by atoms with Crippen molar-refractivity contribution in [3.63, 3.8) is 0 Å². The summed E-state index contributed by atoms with van der Waals surface area (Å²) in [7, 11) is 0. The second kappa shape index (κ2) is 11.8. The van der Waals surface area contributed by atoms with Gasteiger partial charge in [-0.2, -0.15) is 0 Å². The molecule has 2 aliphatic carbocycles. The summed E-state index contributed by atoms with van der Waals surface area (Å²) in [4.78, 5) is 2.29. The molecule has 0 amide bonds. The van der Waals surface area contributed by atoms with Gasteiger partial charge in [0.2, 0.25) is 0 Å². The Morgan fingerprint density at radius 1 is 0.765 bits per heavy atom. The molecule has 2 aromatic rings. The lowest BCUT2D eigenvalue weighted by atomic mass is 9.81. The fourth-order valence-electron chi connectivity index (χ4n) is 6.58. The summed E-state index contributed by atoms with van der Waals surface area (Å²) >= 11 is 14.7. The normalized spacial score (nSPS) is 20.1. The monoisotopic (exact) mass is 499 g/mol. The molecule has 1 nitrogen and oxygen atoms in total. The summed E-state index contributed by atoms with van der Waals surface area (Å²) in [5.41, 5.74) is 5.68. The van der Waals surface area contributed by atoms with Crippen molar-refractivity contribution in [2.45, 2.75) is 107 Å². The minimum Gasteiger partial charge on any atom is -0.300 e. The maximum absolute atomic E-state index is 7.33.